The molecule has 0 bridgehead atoms. The second kappa shape index (κ2) is 13.8. The van der Waals surface area contributed by atoms with E-state index in [4.69, 9.17) is 9.26 Å². The maximum Gasteiger partial charge on any atom is 1.00 e. The standard InChI is InChI=1S/C23H34N3O10P.Na/c1-11(2)8-16(26-37(33,34)36-23-20(29)19(28)18(27)12(3)35-23)21(30)25-17(22(31)32)9-13-10-24-15-7-5-4-6-14(13)15;/h4-7,10-12,16-20,23-24,27-29H,8-9H2,1-3H3,(H,25,30)(H,31,32)(H2,26,33,34);/q;+1/p-1. The molecule has 2 aromatic rings. The summed E-state index contributed by atoms with van der Waals surface area (Å²) in [6.07, 6.45) is -6.32. The number of aromatic nitrogens is 1. The SMILES string of the molecule is CC(C)CC(NP(=O)([O-])OC1OC(C)C(O)C(O)C1O)C(=O)NC(Cc1c[nH]c2ccccc12)C(=O)O.[Na+]. The Kier molecular flexibility index (Phi) is 12.0. The Labute approximate surface area is 241 Å². The molecule has 1 fully saturated rings. The minimum absolute atomic E-state index is 0. The largest absolute Gasteiger partial charge is 1.00 e. The van der Waals surface area contributed by atoms with Crippen molar-refractivity contribution >= 4 is 30.5 Å². The molecular weight excluding hydrogens is 532 g/mol. The van der Waals surface area contributed by atoms with Gasteiger partial charge in [-0.2, -0.15) is 0 Å². The molecule has 0 saturated carbocycles. The minimum atomic E-state index is -5.08. The molecule has 2 heterocycles. The van der Waals surface area contributed by atoms with Crippen molar-refractivity contribution in [3.05, 3.63) is 36.0 Å². The third-order valence-electron chi connectivity index (χ3n) is 6.10. The van der Waals surface area contributed by atoms with Gasteiger partial charge in [0.1, 0.15) is 24.4 Å². The smallest absolute Gasteiger partial charge is 0.766 e. The zero-order valence-corrected chi connectivity index (χ0v) is 24.5. The van der Waals surface area contributed by atoms with Crippen LogP contribution in [0.1, 0.15) is 32.8 Å². The van der Waals surface area contributed by atoms with Gasteiger partial charge >= 0.3 is 35.5 Å². The average Bonchev–Trinajstić information content (AvgIpc) is 3.22. The molecule has 15 heteroatoms. The number of nitrogens with one attached hydrogen (secondary N) is 3. The molecule has 1 saturated heterocycles. The second-order valence-corrected chi connectivity index (χ2v) is 11.0. The van der Waals surface area contributed by atoms with Crippen LogP contribution in [0.2, 0.25) is 0 Å². The predicted octanol–water partition coefficient (Wildman–Crippen LogP) is -3.40. The number of carbonyl (C=O) groups is 2. The molecule has 0 radical (unpaired) electrons. The number of carboxylic acid groups (broad SMARTS) is 1. The number of H-pyrrole nitrogens is 1. The van der Waals surface area contributed by atoms with E-state index < -0.39 is 62.4 Å². The van der Waals surface area contributed by atoms with Crippen molar-refractivity contribution in [1.29, 1.82) is 0 Å². The number of aliphatic hydroxyl groups excluding tert-OH is 3. The molecule has 8 atom stereocenters. The van der Waals surface area contributed by atoms with Crippen molar-refractivity contribution in [2.75, 3.05) is 0 Å². The number of para-hydroxylation sites is 1. The van der Waals surface area contributed by atoms with Gasteiger partial charge in [-0.1, -0.05) is 32.0 Å². The Morgan fingerprint density at radius 3 is 2.45 bits per heavy atom. The van der Waals surface area contributed by atoms with Gasteiger partial charge in [-0.25, -0.2) is 9.88 Å². The van der Waals surface area contributed by atoms with Crippen LogP contribution in [0.5, 0.6) is 0 Å². The molecule has 206 valence electrons. The monoisotopic (exact) mass is 565 g/mol. The first-order valence-electron chi connectivity index (χ1n) is 11.8. The van der Waals surface area contributed by atoms with Crippen LogP contribution < -0.4 is 44.9 Å². The van der Waals surface area contributed by atoms with Crippen molar-refractivity contribution < 1.29 is 78.3 Å². The van der Waals surface area contributed by atoms with Gasteiger partial charge in [0, 0.05) is 23.5 Å². The first-order chi connectivity index (χ1) is 17.3. The normalized spacial score (nSPS) is 26.8. The van der Waals surface area contributed by atoms with Crippen LogP contribution in [0.15, 0.2) is 30.5 Å². The second-order valence-electron chi connectivity index (χ2n) is 9.56. The number of aliphatic carboxylic acids is 1. The number of carboxylic acids is 1. The molecule has 1 aliphatic heterocycles. The summed E-state index contributed by atoms with van der Waals surface area (Å²) in [6.45, 7) is 4.84. The Bertz CT molecular complexity index is 1150. The number of ether oxygens (including phenoxy) is 1. The number of aromatic amines is 1. The van der Waals surface area contributed by atoms with E-state index >= 15 is 0 Å². The topological polar surface area (TPSA) is 213 Å². The summed E-state index contributed by atoms with van der Waals surface area (Å²) in [6, 6.07) is 4.52. The average molecular weight is 565 g/mol. The molecule has 0 spiro atoms. The number of rotatable bonds is 11. The Balaban J connectivity index is 0.00000507. The van der Waals surface area contributed by atoms with Crippen molar-refractivity contribution in [2.24, 2.45) is 5.92 Å². The quantitative estimate of drug-likeness (QED) is 0.105. The molecule has 38 heavy (non-hydrogen) atoms. The van der Waals surface area contributed by atoms with E-state index in [9.17, 15) is 39.5 Å². The van der Waals surface area contributed by atoms with E-state index in [2.05, 4.69) is 15.4 Å². The minimum Gasteiger partial charge on any atom is -0.766 e. The number of fused-ring (bicyclic) bond motifs is 1. The van der Waals surface area contributed by atoms with Crippen LogP contribution in [0, 0.1) is 5.92 Å². The van der Waals surface area contributed by atoms with Crippen molar-refractivity contribution in [1.82, 2.24) is 15.4 Å². The molecule has 8 unspecified atom stereocenters. The van der Waals surface area contributed by atoms with Crippen LogP contribution in [-0.2, 0) is 29.8 Å². The summed E-state index contributed by atoms with van der Waals surface area (Å²) in [7, 11) is -5.08. The Hall–Kier alpha value is -1.35. The first-order valence-corrected chi connectivity index (χ1v) is 13.4. The summed E-state index contributed by atoms with van der Waals surface area (Å²) in [5, 5.41) is 44.8. The third-order valence-corrected chi connectivity index (χ3v) is 7.22. The molecule has 1 aromatic carbocycles. The maximum absolute atomic E-state index is 13.1. The van der Waals surface area contributed by atoms with Gasteiger partial charge < -0.3 is 40.4 Å². The fourth-order valence-electron chi connectivity index (χ4n) is 4.14. The summed E-state index contributed by atoms with van der Waals surface area (Å²) in [5.74, 6) is -2.35. The van der Waals surface area contributed by atoms with Gasteiger partial charge in [0.05, 0.1) is 12.1 Å². The van der Waals surface area contributed by atoms with Crippen LogP contribution in [0.4, 0.5) is 0 Å². The zero-order valence-electron chi connectivity index (χ0n) is 21.6. The number of carbonyl (C=O) groups excluding carboxylic acids is 1. The summed E-state index contributed by atoms with van der Waals surface area (Å²) >= 11 is 0. The summed E-state index contributed by atoms with van der Waals surface area (Å²) in [4.78, 5) is 40.7. The molecular formula is C23H33N3NaO10P. The Morgan fingerprint density at radius 1 is 1.16 bits per heavy atom. The third kappa shape index (κ3) is 8.33. The van der Waals surface area contributed by atoms with E-state index in [0.717, 1.165) is 10.9 Å². The number of aliphatic hydroxyl groups is 3. The number of amides is 1. The number of hydrogen-bond acceptors (Lipinski definition) is 9. The van der Waals surface area contributed by atoms with Gasteiger partial charge in [0.15, 0.2) is 6.29 Å². The molecule has 1 aliphatic rings. The fourth-order valence-corrected chi connectivity index (χ4v) is 5.25. The molecule has 1 aromatic heterocycles. The number of hydrogen-bond donors (Lipinski definition) is 7. The first kappa shape index (κ1) is 32.9. The number of benzene rings is 1. The van der Waals surface area contributed by atoms with E-state index in [1.54, 1.807) is 26.1 Å². The summed E-state index contributed by atoms with van der Waals surface area (Å²) < 4.78 is 22.7. The zero-order chi connectivity index (χ0) is 27.5. The van der Waals surface area contributed by atoms with Crippen LogP contribution >= 0.6 is 7.75 Å². The van der Waals surface area contributed by atoms with Crippen LogP contribution in [0.25, 0.3) is 10.9 Å². The van der Waals surface area contributed by atoms with Crippen molar-refractivity contribution in [3.8, 4) is 0 Å². The van der Waals surface area contributed by atoms with Crippen molar-refractivity contribution in [2.45, 2.75) is 76.4 Å². The van der Waals surface area contributed by atoms with Crippen LogP contribution in [0.3, 0.4) is 0 Å². The van der Waals surface area contributed by atoms with E-state index in [1.807, 2.05) is 18.2 Å². The Morgan fingerprint density at radius 2 is 1.82 bits per heavy atom. The van der Waals surface area contributed by atoms with Gasteiger partial charge in [-0.3, -0.25) is 13.9 Å². The molecule has 7 N–H and O–H groups in total. The van der Waals surface area contributed by atoms with E-state index in [0.29, 0.717) is 5.56 Å². The fraction of sp³-hybridized carbons (Fsp3) is 0.565. The summed E-state index contributed by atoms with van der Waals surface area (Å²) in [5.41, 5.74) is 1.46. The van der Waals surface area contributed by atoms with E-state index in [-0.39, 0.29) is 48.3 Å². The molecule has 3 rings (SSSR count). The molecule has 1 amide bonds. The van der Waals surface area contributed by atoms with Gasteiger partial charge in [-0.15, -0.1) is 0 Å². The van der Waals surface area contributed by atoms with Crippen molar-refractivity contribution in [3.63, 3.8) is 0 Å². The maximum atomic E-state index is 13.1. The molecule has 0 aliphatic carbocycles. The van der Waals surface area contributed by atoms with Crippen LogP contribution in [-0.4, -0.2) is 80.1 Å². The van der Waals surface area contributed by atoms with Gasteiger partial charge in [0.25, 0.3) is 0 Å². The van der Waals surface area contributed by atoms with Gasteiger partial charge in [-0.05, 0) is 30.9 Å². The van der Waals surface area contributed by atoms with Gasteiger partial charge in [0.2, 0.25) is 13.7 Å². The predicted molar refractivity (Wildman–Crippen MR) is 129 cm³/mol. The van der Waals surface area contributed by atoms with E-state index in [1.165, 1.54) is 6.92 Å². The molecule has 13 nitrogen and oxygen atoms in total.